The van der Waals surface area contributed by atoms with E-state index < -0.39 is 0 Å². The van der Waals surface area contributed by atoms with Gasteiger partial charge in [0.2, 0.25) is 0 Å². The summed E-state index contributed by atoms with van der Waals surface area (Å²) in [6, 6.07) is 0. The van der Waals surface area contributed by atoms with E-state index in [1.165, 1.54) is 5.57 Å². The summed E-state index contributed by atoms with van der Waals surface area (Å²) >= 11 is 0. The molecular weight excluding hydrogens is 102 g/mol. The smallest absolute Gasteiger partial charge is 0.0848 e. The van der Waals surface area contributed by atoms with Crippen LogP contribution in [0.2, 0.25) is 0 Å². The van der Waals surface area contributed by atoms with Crippen LogP contribution in [0, 0.1) is 4.91 Å². The van der Waals surface area contributed by atoms with Gasteiger partial charge >= 0.3 is 0 Å². The van der Waals surface area contributed by atoms with Crippen LogP contribution < -0.4 is 0 Å². The molecule has 0 fully saturated rings. The minimum absolute atomic E-state index is 0.413. The van der Waals surface area contributed by atoms with Gasteiger partial charge in [-0.15, -0.1) is 0 Å². The van der Waals surface area contributed by atoms with E-state index in [0.29, 0.717) is 6.54 Å². The minimum Gasteiger partial charge on any atom is -0.151 e. The van der Waals surface area contributed by atoms with Gasteiger partial charge in [-0.25, -0.2) is 0 Å². The maximum atomic E-state index is 9.55. The van der Waals surface area contributed by atoms with Crippen molar-refractivity contribution >= 4 is 0 Å². The molecule has 0 aromatic rings. The van der Waals surface area contributed by atoms with Gasteiger partial charge in [0.05, 0.1) is 6.54 Å². The SMILES string of the molecule is C/C=C(/C)CCN=O. The molecule has 8 heavy (non-hydrogen) atoms. The van der Waals surface area contributed by atoms with Crippen LogP contribution in [0.25, 0.3) is 0 Å². The van der Waals surface area contributed by atoms with Crippen molar-refractivity contribution in [2.45, 2.75) is 20.3 Å². The fourth-order valence-corrected chi connectivity index (χ4v) is 0.366. The molecule has 0 radical (unpaired) electrons. The summed E-state index contributed by atoms with van der Waals surface area (Å²) in [5.41, 5.74) is 1.23. The van der Waals surface area contributed by atoms with Crippen LogP contribution in [-0.2, 0) is 0 Å². The maximum Gasteiger partial charge on any atom is 0.0848 e. The van der Waals surface area contributed by atoms with E-state index >= 15 is 0 Å². The standard InChI is InChI=1S/C6H11NO/c1-3-6(2)4-5-7-8/h3H,4-5H2,1-2H3/b6-3-. The number of rotatable bonds is 3. The molecule has 0 unspecified atom stereocenters. The van der Waals surface area contributed by atoms with E-state index in [1.807, 2.05) is 19.9 Å². The molecule has 0 rings (SSSR count). The van der Waals surface area contributed by atoms with Crippen molar-refractivity contribution in [1.29, 1.82) is 0 Å². The van der Waals surface area contributed by atoms with E-state index in [2.05, 4.69) is 5.18 Å². The maximum absolute atomic E-state index is 9.55. The Morgan fingerprint density at radius 1 is 1.75 bits per heavy atom. The van der Waals surface area contributed by atoms with Gasteiger partial charge in [-0.2, -0.15) is 4.91 Å². The molecule has 2 nitrogen and oxygen atoms in total. The van der Waals surface area contributed by atoms with Crippen molar-refractivity contribution in [1.82, 2.24) is 0 Å². The van der Waals surface area contributed by atoms with Crippen molar-refractivity contribution in [3.63, 3.8) is 0 Å². The van der Waals surface area contributed by atoms with Gasteiger partial charge in [0.15, 0.2) is 0 Å². The van der Waals surface area contributed by atoms with Gasteiger partial charge in [-0.1, -0.05) is 16.8 Å². The second kappa shape index (κ2) is 4.50. The highest BCUT2D eigenvalue weighted by atomic mass is 16.3. The van der Waals surface area contributed by atoms with E-state index in [9.17, 15) is 4.91 Å². The Balaban J connectivity index is 3.24. The molecule has 0 N–H and O–H groups in total. The van der Waals surface area contributed by atoms with E-state index in [4.69, 9.17) is 0 Å². The summed E-state index contributed by atoms with van der Waals surface area (Å²) < 4.78 is 0. The molecule has 0 aromatic heterocycles. The summed E-state index contributed by atoms with van der Waals surface area (Å²) in [6.45, 7) is 4.36. The Morgan fingerprint density at radius 2 is 2.38 bits per heavy atom. The third kappa shape index (κ3) is 3.53. The van der Waals surface area contributed by atoms with E-state index in [0.717, 1.165) is 6.42 Å². The molecule has 0 heterocycles. The predicted octanol–water partition coefficient (Wildman–Crippen LogP) is 2.11. The van der Waals surface area contributed by atoms with Crippen LogP contribution in [0.15, 0.2) is 16.8 Å². The summed E-state index contributed by atoms with van der Waals surface area (Å²) in [6.07, 6.45) is 2.80. The average Bonchev–Trinajstić information content (AvgIpc) is 1.83. The zero-order valence-corrected chi connectivity index (χ0v) is 5.35. The lowest BCUT2D eigenvalue weighted by molar-refractivity contribution is 0.940. The quantitative estimate of drug-likeness (QED) is 0.407. The molecule has 0 aliphatic heterocycles. The molecule has 0 aromatic carbocycles. The lowest BCUT2D eigenvalue weighted by Gasteiger charge is -1.89. The average molecular weight is 113 g/mol. The van der Waals surface area contributed by atoms with Crippen LogP contribution in [0.5, 0.6) is 0 Å². The van der Waals surface area contributed by atoms with Crippen molar-refractivity contribution in [3.05, 3.63) is 16.6 Å². The molecule has 0 aliphatic carbocycles. The van der Waals surface area contributed by atoms with Gasteiger partial charge in [0.25, 0.3) is 0 Å². The van der Waals surface area contributed by atoms with Gasteiger partial charge in [-0.3, -0.25) is 0 Å². The number of allylic oxidation sites excluding steroid dienone is 1. The van der Waals surface area contributed by atoms with Gasteiger partial charge < -0.3 is 0 Å². The van der Waals surface area contributed by atoms with Crippen molar-refractivity contribution < 1.29 is 0 Å². The van der Waals surface area contributed by atoms with Crippen LogP contribution >= 0.6 is 0 Å². The summed E-state index contributed by atoms with van der Waals surface area (Å²) in [5.74, 6) is 0. The zero-order chi connectivity index (χ0) is 6.41. The third-order valence-electron chi connectivity index (χ3n) is 1.09. The van der Waals surface area contributed by atoms with Crippen LogP contribution in [0.3, 0.4) is 0 Å². The monoisotopic (exact) mass is 113 g/mol. The zero-order valence-electron chi connectivity index (χ0n) is 5.35. The molecule has 0 saturated heterocycles. The van der Waals surface area contributed by atoms with Crippen LogP contribution in [0.4, 0.5) is 0 Å². The summed E-state index contributed by atoms with van der Waals surface area (Å²) in [5, 5.41) is 2.73. The Bertz CT molecular complexity index is 96.7. The fraction of sp³-hybridized carbons (Fsp3) is 0.667. The normalized spacial score (nSPS) is 11.5. The molecule has 2 heteroatoms. The Labute approximate surface area is 49.6 Å². The largest absolute Gasteiger partial charge is 0.151 e. The number of hydrogen-bond donors (Lipinski definition) is 0. The molecule has 0 saturated carbocycles. The van der Waals surface area contributed by atoms with Crippen LogP contribution in [0.1, 0.15) is 20.3 Å². The number of nitroso groups, excluding NO2 is 1. The van der Waals surface area contributed by atoms with E-state index in [1.54, 1.807) is 0 Å². The molecule has 0 amide bonds. The Morgan fingerprint density at radius 3 is 2.75 bits per heavy atom. The molecule has 0 bridgehead atoms. The van der Waals surface area contributed by atoms with E-state index in [-0.39, 0.29) is 0 Å². The highest BCUT2D eigenvalue weighted by Crippen LogP contribution is 1.97. The first-order valence-electron chi connectivity index (χ1n) is 2.72. The molecule has 0 atom stereocenters. The Hall–Kier alpha value is -0.660. The predicted molar refractivity (Wildman–Crippen MR) is 34.7 cm³/mol. The minimum atomic E-state index is 0.413. The van der Waals surface area contributed by atoms with Gasteiger partial charge in [0, 0.05) is 0 Å². The van der Waals surface area contributed by atoms with Crippen molar-refractivity contribution in [2.75, 3.05) is 6.54 Å². The second-order valence-corrected chi connectivity index (χ2v) is 1.74. The van der Waals surface area contributed by atoms with Crippen LogP contribution in [-0.4, -0.2) is 6.54 Å². The van der Waals surface area contributed by atoms with Gasteiger partial charge in [0.1, 0.15) is 0 Å². The first-order chi connectivity index (χ1) is 3.81. The summed E-state index contributed by atoms with van der Waals surface area (Å²) in [4.78, 5) is 9.55. The van der Waals surface area contributed by atoms with Crippen molar-refractivity contribution in [2.24, 2.45) is 5.18 Å². The molecular formula is C6H11NO. The highest BCUT2D eigenvalue weighted by molar-refractivity contribution is 4.95. The molecule has 0 spiro atoms. The lowest BCUT2D eigenvalue weighted by atomic mass is 10.2. The van der Waals surface area contributed by atoms with Crippen molar-refractivity contribution in [3.8, 4) is 0 Å². The Kier molecular flexibility index (Phi) is 4.13. The summed E-state index contributed by atoms with van der Waals surface area (Å²) in [7, 11) is 0. The topological polar surface area (TPSA) is 29.4 Å². The fourth-order valence-electron chi connectivity index (χ4n) is 0.366. The first-order valence-corrected chi connectivity index (χ1v) is 2.72. The number of nitrogens with zero attached hydrogens (tertiary/aromatic N) is 1. The second-order valence-electron chi connectivity index (χ2n) is 1.74. The molecule has 0 aliphatic rings. The lowest BCUT2D eigenvalue weighted by Crippen LogP contribution is -1.79. The number of hydrogen-bond acceptors (Lipinski definition) is 2. The highest BCUT2D eigenvalue weighted by Gasteiger charge is 1.84. The third-order valence-corrected chi connectivity index (χ3v) is 1.09. The first kappa shape index (κ1) is 7.34. The van der Waals surface area contributed by atoms with Gasteiger partial charge in [-0.05, 0) is 20.3 Å². The molecule has 46 valence electrons.